The van der Waals surface area contributed by atoms with Crippen LogP contribution in [-0.2, 0) is 12.8 Å². The Bertz CT molecular complexity index is 404. The molecule has 1 aromatic carbocycles. The lowest BCUT2D eigenvalue weighted by atomic mass is 9.89. The Morgan fingerprint density at radius 3 is 2.82 bits per heavy atom. The Kier molecular flexibility index (Phi) is 4.36. The van der Waals surface area contributed by atoms with Crippen LogP contribution in [0, 0.1) is 5.82 Å². The minimum absolute atomic E-state index is 0.108. The number of rotatable bonds is 5. The van der Waals surface area contributed by atoms with Gasteiger partial charge in [0, 0.05) is 0 Å². The summed E-state index contributed by atoms with van der Waals surface area (Å²) < 4.78 is 13.1. The van der Waals surface area contributed by atoms with Crippen molar-refractivity contribution in [3.05, 3.63) is 46.8 Å². The molecule has 0 fully saturated rings. The van der Waals surface area contributed by atoms with E-state index in [1.807, 2.05) is 6.07 Å². The van der Waals surface area contributed by atoms with Crippen LogP contribution in [0.4, 0.5) is 4.39 Å². The van der Waals surface area contributed by atoms with Gasteiger partial charge in [-0.3, -0.25) is 0 Å². The first kappa shape index (κ1) is 12.3. The molecule has 0 saturated heterocycles. The number of benzene rings is 1. The molecule has 0 aliphatic heterocycles. The lowest BCUT2D eigenvalue weighted by molar-refractivity contribution is 0.623. The number of hydrogen-bond acceptors (Lipinski definition) is 0. The Balaban J connectivity index is 1.89. The van der Waals surface area contributed by atoms with Gasteiger partial charge in [-0.05, 0) is 48.9 Å². The van der Waals surface area contributed by atoms with Gasteiger partial charge >= 0.3 is 0 Å². The van der Waals surface area contributed by atoms with Gasteiger partial charge in [0.1, 0.15) is 5.82 Å². The highest BCUT2D eigenvalue weighted by Crippen LogP contribution is 2.25. The lowest BCUT2D eigenvalue weighted by Crippen LogP contribution is -2.03. The molecule has 0 unspecified atom stereocenters. The fourth-order valence-electron chi connectivity index (χ4n) is 2.50. The summed E-state index contributed by atoms with van der Waals surface area (Å²) in [6.45, 7) is 2.24. The summed E-state index contributed by atoms with van der Waals surface area (Å²) in [5.41, 5.74) is 4.03. The van der Waals surface area contributed by atoms with E-state index in [9.17, 15) is 4.39 Å². The lowest BCUT2D eigenvalue weighted by Gasteiger charge is -2.17. The van der Waals surface area contributed by atoms with Crippen molar-refractivity contribution in [1.29, 1.82) is 0 Å². The van der Waals surface area contributed by atoms with Crippen LogP contribution >= 0.6 is 0 Å². The van der Waals surface area contributed by atoms with E-state index in [-0.39, 0.29) is 5.82 Å². The van der Waals surface area contributed by atoms with E-state index in [1.54, 1.807) is 17.7 Å². The molecular formula is C16H21F. The van der Waals surface area contributed by atoms with Crippen LogP contribution in [0.1, 0.15) is 50.2 Å². The first-order valence-electron chi connectivity index (χ1n) is 6.75. The summed E-state index contributed by atoms with van der Waals surface area (Å²) >= 11 is 0. The Labute approximate surface area is 104 Å². The first-order chi connectivity index (χ1) is 8.29. The summed E-state index contributed by atoms with van der Waals surface area (Å²) in [5.74, 6) is -0.108. The van der Waals surface area contributed by atoms with Gasteiger partial charge in [0.25, 0.3) is 0 Å². The van der Waals surface area contributed by atoms with E-state index >= 15 is 0 Å². The largest absolute Gasteiger partial charge is 0.207 e. The van der Waals surface area contributed by atoms with Gasteiger partial charge in [0.15, 0.2) is 0 Å². The van der Waals surface area contributed by atoms with Gasteiger partial charge in [-0.1, -0.05) is 43.9 Å². The van der Waals surface area contributed by atoms with E-state index in [2.05, 4.69) is 13.0 Å². The normalized spacial score (nSPS) is 14.4. The maximum absolute atomic E-state index is 13.1. The van der Waals surface area contributed by atoms with Gasteiger partial charge < -0.3 is 0 Å². The number of hydrogen-bond donors (Lipinski definition) is 0. The maximum atomic E-state index is 13.1. The van der Waals surface area contributed by atoms with E-state index in [1.165, 1.54) is 43.2 Å². The van der Waals surface area contributed by atoms with Crippen LogP contribution in [0.15, 0.2) is 29.8 Å². The zero-order valence-electron chi connectivity index (χ0n) is 10.6. The Morgan fingerprint density at radius 2 is 2.00 bits per heavy atom. The number of halogens is 1. The SMILES string of the molecule is CCCCCCC1=CCc2cc(F)ccc2C1. The van der Waals surface area contributed by atoms with Crippen LogP contribution in [0.25, 0.3) is 0 Å². The van der Waals surface area contributed by atoms with E-state index in [4.69, 9.17) is 0 Å². The molecule has 0 bridgehead atoms. The van der Waals surface area contributed by atoms with Gasteiger partial charge in [0.05, 0.1) is 0 Å². The van der Waals surface area contributed by atoms with Crippen molar-refractivity contribution in [1.82, 2.24) is 0 Å². The van der Waals surface area contributed by atoms with Crippen LogP contribution in [0.3, 0.4) is 0 Å². The van der Waals surface area contributed by atoms with Crippen LogP contribution in [0.5, 0.6) is 0 Å². The third-order valence-electron chi connectivity index (χ3n) is 3.55. The molecule has 0 saturated carbocycles. The highest BCUT2D eigenvalue weighted by Gasteiger charge is 2.11. The molecule has 1 heteroatoms. The first-order valence-corrected chi connectivity index (χ1v) is 6.75. The van der Waals surface area contributed by atoms with Crippen molar-refractivity contribution < 1.29 is 4.39 Å². The van der Waals surface area contributed by atoms with Crippen molar-refractivity contribution >= 4 is 0 Å². The van der Waals surface area contributed by atoms with Crippen molar-refractivity contribution in [2.45, 2.75) is 51.9 Å². The zero-order valence-corrected chi connectivity index (χ0v) is 10.6. The molecule has 0 aromatic heterocycles. The second kappa shape index (κ2) is 6.00. The van der Waals surface area contributed by atoms with E-state index in [0.717, 1.165) is 12.8 Å². The molecule has 0 nitrogen and oxygen atoms in total. The van der Waals surface area contributed by atoms with Crippen molar-refractivity contribution in [3.63, 3.8) is 0 Å². The average molecular weight is 232 g/mol. The van der Waals surface area contributed by atoms with Gasteiger partial charge in [0.2, 0.25) is 0 Å². The Hall–Kier alpha value is -1.11. The standard InChI is InChI=1S/C16H21F/c1-2-3-4-5-6-13-7-8-15-12-16(17)10-9-14(15)11-13/h7,9-10,12H,2-6,8,11H2,1H3. The van der Waals surface area contributed by atoms with Crippen LogP contribution < -0.4 is 0 Å². The van der Waals surface area contributed by atoms with Gasteiger partial charge in [-0.2, -0.15) is 0 Å². The molecule has 92 valence electrons. The molecule has 17 heavy (non-hydrogen) atoms. The summed E-state index contributed by atoms with van der Waals surface area (Å²) in [5, 5.41) is 0. The average Bonchev–Trinajstić information content (AvgIpc) is 2.35. The summed E-state index contributed by atoms with van der Waals surface area (Å²) in [4.78, 5) is 0. The smallest absolute Gasteiger partial charge is 0.123 e. The molecule has 1 aromatic rings. The second-order valence-electron chi connectivity index (χ2n) is 4.97. The minimum atomic E-state index is -0.108. The van der Waals surface area contributed by atoms with Gasteiger partial charge in [-0.15, -0.1) is 0 Å². The molecule has 0 atom stereocenters. The fraction of sp³-hybridized carbons (Fsp3) is 0.500. The Morgan fingerprint density at radius 1 is 1.12 bits per heavy atom. The van der Waals surface area contributed by atoms with E-state index in [0.29, 0.717) is 0 Å². The molecule has 0 amide bonds. The summed E-state index contributed by atoms with van der Waals surface area (Å²) in [6, 6.07) is 5.21. The number of unbranched alkanes of at least 4 members (excludes halogenated alkanes) is 3. The zero-order chi connectivity index (χ0) is 12.1. The van der Waals surface area contributed by atoms with Crippen molar-refractivity contribution in [2.75, 3.05) is 0 Å². The number of allylic oxidation sites excluding steroid dienone is 2. The summed E-state index contributed by atoms with van der Waals surface area (Å²) in [7, 11) is 0. The van der Waals surface area contributed by atoms with Crippen molar-refractivity contribution in [2.24, 2.45) is 0 Å². The topological polar surface area (TPSA) is 0 Å². The molecule has 0 heterocycles. The molecule has 1 aliphatic carbocycles. The molecule has 2 rings (SSSR count). The predicted octanol–water partition coefficient (Wildman–Crippen LogP) is 4.82. The second-order valence-corrected chi connectivity index (χ2v) is 4.97. The van der Waals surface area contributed by atoms with Gasteiger partial charge in [-0.25, -0.2) is 4.39 Å². The monoisotopic (exact) mass is 232 g/mol. The fourth-order valence-corrected chi connectivity index (χ4v) is 2.50. The molecule has 0 spiro atoms. The third kappa shape index (κ3) is 3.42. The molecule has 0 radical (unpaired) electrons. The minimum Gasteiger partial charge on any atom is -0.207 e. The number of fused-ring (bicyclic) bond motifs is 1. The van der Waals surface area contributed by atoms with Crippen molar-refractivity contribution in [3.8, 4) is 0 Å². The highest BCUT2D eigenvalue weighted by atomic mass is 19.1. The molecular weight excluding hydrogens is 211 g/mol. The maximum Gasteiger partial charge on any atom is 0.123 e. The van der Waals surface area contributed by atoms with E-state index < -0.39 is 0 Å². The quantitative estimate of drug-likeness (QED) is 0.504. The predicted molar refractivity (Wildman–Crippen MR) is 70.7 cm³/mol. The van der Waals surface area contributed by atoms with Crippen LogP contribution in [0.2, 0.25) is 0 Å². The molecule has 1 aliphatic rings. The highest BCUT2D eigenvalue weighted by molar-refractivity contribution is 5.37. The summed E-state index contributed by atoms with van der Waals surface area (Å²) in [6.07, 6.45) is 10.7. The third-order valence-corrected chi connectivity index (χ3v) is 3.55. The van der Waals surface area contributed by atoms with Crippen LogP contribution in [-0.4, -0.2) is 0 Å². The molecule has 0 N–H and O–H groups in total.